The first kappa shape index (κ1) is 21.2. The molecule has 0 atom stereocenters. The predicted molar refractivity (Wildman–Crippen MR) is 121 cm³/mol. The van der Waals surface area contributed by atoms with Gasteiger partial charge in [0.05, 0.1) is 17.3 Å². The van der Waals surface area contributed by atoms with Crippen molar-refractivity contribution in [3.63, 3.8) is 0 Å². The molecule has 0 saturated carbocycles. The molecule has 5 nitrogen and oxygen atoms in total. The highest BCUT2D eigenvalue weighted by Gasteiger charge is 2.20. The van der Waals surface area contributed by atoms with Gasteiger partial charge in [-0.1, -0.05) is 29.0 Å². The second kappa shape index (κ2) is 9.81. The van der Waals surface area contributed by atoms with Crippen LogP contribution in [-0.2, 0) is 6.54 Å². The summed E-state index contributed by atoms with van der Waals surface area (Å²) in [6.45, 7) is 2.36. The van der Waals surface area contributed by atoms with E-state index in [0.29, 0.717) is 17.5 Å². The molecule has 0 spiro atoms. The molecule has 8 heteroatoms. The van der Waals surface area contributed by atoms with Crippen LogP contribution in [0.15, 0.2) is 36.4 Å². The molecule has 0 unspecified atom stereocenters. The van der Waals surface area contributed by atoms with Crippen LogP contribution in [0.2, 0.25) is 5.02 Å². The third-order valence-electron chi connectivity index (χ3n) is 5.23. The molecule has 0 bridgehead atoms. The van der Waals surface area contributed by atoms with Gasteiger partial charge in [-0.25, -0.2) is 9.37 Å². The average Bonchev–Trinajstić information content (AvgIpc) is 3.15. The second-order valence-electron chi connectivity index (χ2n) is 7.35. The third kappa shape index (κ3) is 5.14. The fourth-order valence-electron chi connectivity index (χ4n) is 3.71. The van der Waals surface area contributed by atoms with Crippen LogP contribution in [0.5, 0.6) is 11.5 Å². The third-order valence-corrected chi connectivity index (χ3v) is 6.42. The lowest BCUT2D eigenvalue weighted by atomic mass is 10.0. The highest BCUT2D eigenvalue weighted by Crippen LogP contribution is 2.31. The Hall–Kier alpha value is -2.09. The molecule has 0 aliphatic carbocycles. The van der Waals surface area contributed by atoms with Gasteiger partial charge in [-0.3, -0.25) is 4.90 Å². The Bertz CT molecular complexity index is 992. The number of nitrogens with zero attached hydrogens (tertiary/aromatic N) is 2. The van der Waals surface area contributed by atoms with E-state index in [0.717, 1.165) is 58.4 Å². The van der Waals surface area contributed by atoms with E-state index in [1.54, 1.807) is 18.4 Å². The molecule has 1 aliphatic rings. The van der Waals surface area contributed by atoms with Gasteiger partial charge in [0, 0.05) is 30.7 Å². The predicted octanol–water partition coefficient (Wildman–Crippen LogP) is 5.38. The lowest BCUT2D eigenvalue weighted by molar-refractivity contribution is 0.210. The minimum atomic E-state index is -0.518. The number of thiazole rings is 1. The molecule has 1 aliphatic heterocycles. The van der Waals surface area contributed by atoms with E-state index in [4.69, 9.17) is 21.1 Å². The molecule has 30 heavy (non-hydrogen) atoms. The summed E-state index contributed by atoms with van der Waals surface area (Å²) in [5, 5.41) is 5.28. The summed E-state index contributed by atoms with van der Waals surface area (Å²) in [6, 6.07) is 12.1. The van der Waals surface area contributed by atoms with Crippen LogP contribution < -0.4 is 14.8 Å². The molecule has 1 saturated heterocycles. The highest BCUT2D eigenvalue weighted by molar-refractivity contribution is 7.22. The smallest absolute Gasteiger partial charge is 0.184 e. The van der Waals surface area contributed by atoms with Crippen molar-refractivity contribution in [3.05, 3.63) is 47.0 Å². The number of rotatable bonds is 8. The first-order chi connectivity index (χ1) is 14.6. The van der Waals surface area contributed by atoms with Gasteiger partial charge in [-0.2, -0.15) is 0 Å². The van der Waals surface area contributed by atoms with Crippen molar-refractivity contribution in [2.75, 3.05) is 38.8 Å². The quantitative estimate of drug-likeness (QED) is 0.500. The maximum Gasteiger partial charge on any atom is 0.184 e. The van der Waals surface area contributed by atoms with E-state index in [1.807, 2.05) is 36.4 Å². The Balaban J connectivity index is 1.32. The van der Waals surface area contributed by atoms with E-state index in [-0.39, 0.29) is 6.61 Å². The Kier molecular flexibility index (Phi) is 6.92. The summed E-state index contributed by atoms with van der Waals surface area (Å²) >= 11 is 7.72. The van der Waals surface area contributed by atoms with Gasteiger partial charge < -0.3 is 14.8 Å². The van der Waals surface area contributed by atoms with Gasteiger partial charge in [0.25, 0.3) is 0 Å². The lowest BCUT2D eigenvalue weighted by Gasteiger charge is -2.32. The molecular formula is C22H25ClFN3O2S. The maximum absolute atomic E-state index is 12.5. The molecule has 3 aromatic rings. The normalized spacial score (nSPS) is 15.4. The number of hydrogen-bond donors (Lipinski definition) is 1. The molecule has 0 amide bonds. The number of piperidine rings is 1. The Morgan fingerprint density at radius 3 is 2.80 bits per heavy atom. The number of benzene rings is 2. The zero-order chi connectivity index (χ0) is 20.9. The standard InChI is InChI=1S/C22H25ClFN3O2S/c1-28-19-5-2-15(12-20(19)29-11-8-24)14-27-9-6-17(7-10-27)25-22-26-18-4-3-16(23)13-21(18)30-22/h2-5,12-13,17H,6-11,14H2,1H3,(H,25,26). The van der Waals surface area contributed by atoms with Crippen molar-refractivity contribution in [2.45, 2.75) is 25.4 Å². The summed E-state index contributed by atoms with van der Waals surface area (Å²) in [4.78, 5) is 7.10. The summed E-state index contributed by atoms with van der Waals surface area (Å²) in [5.74, 6) is 1.23. The minimum Gasteiger partial charge on any atom is -0.493 e. The first-order valence-electron chi connectivity index (χ1n) is 10.1. The fraction of sp³-hybridized carbons (Fsp3) is 0.409. The zero-order valence-corrected chi connectivity index (χ0v) is 18.4. The number of anilines is 1. The van der Waals surface area contributed by atoms with E-state index in [1.165, 1.54) is 0 Å². The number of methoxy groups -OCH3 is 1. The first-order valence-corrected chi connectivity index (χ1v) is 11.2. The number of ether oxygens (including phenoxy) is 2. The van der Waals surface area contributed by atoms with Crippen molar-refractivity contribution in [2.24, 2.45) is 0 Å². The number of halogens is 2. The van der Waals surface area contributed by atoms with Gasteiger partial charge in [0.1, 0.15) is 13.3 Å². The number of hydrogen-bond acceptors (Lipinski definition) is 6. The van der Waals surface area contributed by atoms with Gasteiger partial charge in [-0.15, -0.1) is 0 Å². The largest absolute Gasteiger partial charge is 0.493 e. The minimum absolute atomic E-state index is 0.0366. The molecule has 4 rings (SSSR count). The summed E-state index contributed by atoms with van der Waals surface area (Å²) in [7, 11) is 1.59. The molecule has 1 aromatic heterocycles. The maximum atomic E-state index is 12.5. The van der Waals surface area contributed by atoms with E-state index in [2.05, 4.69) is 15.2 Å². The van der Waals surface area contributed by atoms with Crippen LogP contribution in [0.1, 0.15) is 18.4 Å². The summed E-state index contributed by atoms with van der Waals surface area (Å²) < 4.78 is 24.4. The highest BCUT2D eigenvalue weighted by atomic mass is 35.5. The van der Waals surface area contributed by atoms with Crippen LogP contribution >= 0.6 is 22.9 Å². The number of nitrogens with one attached hydrogen (secondary N) is 1. The van der Waals surface area contributed by atoms with Crippen LogP contribution in [0, 0.1) is 0 Å². The molecule has 0 radical (unpaired) electrons. The lowest BCUT2D eigenvalue weighted by Crippen LogP contribution is -2.38. The monoisotopic (exact) mass is 449 g/mol. The van der Waals surface area contributed by atoms with Crippen molar-refractivity contribution in [1.29, 1.82) is 0 Å². The fourth-order valence-corrected chi connectivity index (χ4v) is 4.93. The summed E-state index contributed by atoms with van der Waals surface area (Å²) in [6.07, 6.45) is 2.11. The molecule has 1 fully saturated rings. The van der Waals surface area contributed by atoms with Crippen molar-refractivity contribution >= 4 is 38.3 Å². The van der Waals surface area contributed by atoms with Crippen LogP contribution in [-0.4, -0.2) is 49.4 Å². The van der Waals surface area contributed by atoms with Gasteiger partial charge in [0.2, 0.25) is 0 Å². The number of aromatic nitrogens is 1. The van der Waals surface area contributed by atoms with Crippen LogP contribution in [0.3, 0.4) is 0 Å². The van der Waals surface area contributed by atoms with Crippen molar-refractivity contribution in [1.82, 2.24) is 9.88 Å². The second-order valence-corrected chi connectivity index (χ2v) is 8.82. The van der Waals surface area contributed by atoms with E-state index < -0.39 is 6.67 Å². The summed E-state index contributed by atoms with van der Waals surface area (Å²) in [5.41, 5.74) is 2.12. The SMILES string of the molecule is COc1ccc(CN2CCC(Nc3nc4ccc(Cl)cc4s3)CC2)cc1OCCF. The topological polar surface area (TPSA) is 46.6 Å². The molecule has 2 aromatic carbocycles. The van der Waals surface area contributed by atoms with Crippen LogP contribution in [0.25, 0.3) is 10.2 Å². The molecule has 160 valence electrons. The average molecular weight is 450 g/mol. The zero-order valence-electron chi connectivity index (χ0n) is 16.9. The van der Waals surface area contributed by atoms with Crippen LogP contribution in [0.4, 0.5) is 9.52 Å². The Morgan fingerprint density at radius 2 is 2.03 bits per heavy atom. The number of fused-ring (bicyclic) bond motifs is 1. The molecular weight excluding hydrogens is 425 g/mol. The van der Waals surface area contributed by atoms with Gasteiger partial charge >= 0.3 is 0 Å². The molecule has 1 N–H and O–H groups in total. The van der Waals surface area contributed by atoms with E-state index >= 15 is 0 Å². The Labute approximate surface area is 184 Å². The Morgan fingerprint density at radius 1 is 1.20 bits per heavy atom. The van der Waals surface area contributed by atoms with Crippen molar-refractivity contribution in [3.8, 4) is 11.5 Å². The van der Waals surface area contributed by atoms with Gasteiger partial charge in [-0.05, 0) is 48.7 Å². The number of likely N-dealkylation sites (tertiary alicyclic amines) is 1. The van der Waals surface area contributed by atoms with Gasteiger partial charge in [0.15, 0.2) is 16.6 Å². The van der Waals surface area contributed by atoms with E-state index in [9.17, 15) is 4.39 Å². The number of alkyl halides is 1. The van der Waals surface area contributed by atoms with Crippen molar-refractivity contribution < 1.29 is 13.9 Å². The molecule has 2 heterocycles.